The van der Waals surface area contributed by atoms with Gasteiger partial charge in [-0.05, 0) is 168 Å². The molecule has 0 aliphatic rings. The van der Waals surface area contributed by atoms with E-state index in [4.69, 9.17) is 4.42 Å². The zero-order valence-electron chi connectivity index (χ0n) is 40.2. The van der Waals surface area contributed by atoms with Crippen molar-refractivity contribution in [3.63, 3.8) is 0 Å². The van der Waals surface area contributed by atoms with Gasteiger partial charge in [-0.3, -0.25) is 0 Å². The molecule has 0 spiro atoms. The Morgan fingerprint density at radius 1 is 0.222 bits per heavy atom. The van der Waals surface area contributed by atoms with Crippen molar-refractivity contribution in [2.24, 2.45) is 0 Å². The van der Waals surface area contributed by atoms with Gasteiger partial charge in [-0.15, -0.1) is 0 Å². The Bertz CT molecular complexity index is 3660. The van der Waals surface area contributed by atoms with Crippen LogP contribution in [-0.4, -0.2) is 0 Å². The highest BCUT2D eigenvalue weighted by Crippen LogP contribution is 2.47. The van der Waals surface area contributed by atoms with Crippen molar-refractivity contribution in [3.8, 4) is 33.4 Å². The molecule has 1 aromatic heterocycles. The summed E-state index contributed by atoms with van der Waals surface area (Å²) < 4.78 is 6.20. The van der Waals surface area contributed by atoms with Crippen LogP contribution < -0.4 is 14.7 Å². The fourth-order valence-electron chi connectivity index (χ4n) is 10.00. The van der Waals surface area contributed by atoms with Crippen molar-refractivity contribution < 1.29 is 4.42 Å². The van der Waals surface area contributed by atoms with Gasteiger partial charge >= 0.3 is 0 Å². The normalized spacial score (nSPS) is 11.2. The minimum atomic E-state index is 0.890. The monoisotopic (exact) mass is 925 g/mol. The van der Waals surface area contributed by atoms with Crippen LogP contribution in [0.15, 0.2) is 277 Å². The fourth-order valence-corrected chi connectivity index (χ4v) is 10.00. The average Bonchev–Trinajstić information content (AvgIpc) is 3.81. The van der Waals surface area contributed by atoms with E-state index >= 15 is 0 Å². The molecule has 0 amide bonds. The lowest BCUT2D eigenvalue weighted by atomic mass is 10.0. The van der Waals surface area contributed by atoms with Gasteiger partial charge in [0.05, 0.1) is 17.1 Å². The van der Waals surface area contributed by atoms with Crippen molar-refractivity contribution in [2.45, 2.75) is 13.8 Å². The predicted molar refractivity (Wildman–Crippen MR) is 304 cm³/mol. The summed E-state index contributed by atoms with van der Waals surface area (Å²) >= 11 is 0. The molecule has 0 N–H and O–H groups in total. The number of fused-ring (bicyclic) bond motifs is 3. The van der Waals surface area contributed by atoms with Gasteiger partial charge in [0.1, 0.15) is 11.2 Å². The van der Waals surface area contributed by atoms with E-state index in [0.717, 1.165) is 84.3 Å². The van der Waals surface area contributed by atoms with Crippen molar-refractivity contribution >= 4 is 73.1 Å². The topological polar surface area (TPSA) is 22.9 Å². The van der Waals surface area contributed by atoms with Gasteiger partial charge in [0.15, 0.2) is 0 Å². The molecule has 0 saturated heterocycles. The maximum absolute atomic E-state index is 6.20. The minimum absolute atomic E-state index is 0.890. The van der Waals surface area contributed by atoms with E-state index in [1.807, 2.05) is 12.1 Å². The molecule has 12 rings (SSSR count). The van der Waals surface area contributed by atoms with Crippen LogP contribution in [0.5, 0.6) is 0 Å². The second kappa shape index (κ2) is 19.2. The zero-order chi connectivity index (χ0) is 48.4. The van der Waals surface area contributed by atoms with E-state index in [-0.39, 0.29) is 0 Å². The zero-order valence-corrected chi connectivity index (χ0v) is 40.2. The molecule has 0 bridgehead atoms. The Balaban J connectivity index is 1.06. The van der Waals surface area contributed by atoms with Crippen LogP contribution >= 0.6 is 0 Å². The average molecular weight is 926 g/mol. The summed E-state index contributed by atoms with van der Waals surface area (Å²) in [5.74, 6) is 0. The Labute approximate surface area is 421 Å². The van der Waals surface area contributed by atoms with Crippen molar-refractivity contribution in [1.82, 2.24) is 0 Å². The Morgan fingerprint density at radius 2 is 0.569 bits per heavy atom. The number of nitrogens with zero attached hydrogens (tertiary/aromatic N) is 3. The van der Waals surface area contributed by atoms with E-state index in [9.17, 15) is 0 Å². The van der Waals surface area contributed by atoms with Crippen LogP contribution in [0.4, 0.5) is 51.2 Å². The van der Waals surface area contributed by atoms with Crippen molar-refractivity contribution in [2.75, 3.05) is 14.7 Å². The number of benzene rings is 11. The number of furan rings is 1. The number of hydrogen-bond acceptors (Lipinski definition) is 4. The molecule has 0 fully saturated rings. The Morgan fingerprint density at radius 3 is 1.04 bits per heavy atom. The molecule has 12 aromatic rings. The smallest absolute Gasteiger partial charge is 0.135 e. The first-order chi connectivity index (χ1) is 35.5. The van der Waals surface area contributed by atoms with Gasteiger partial charge in [-0.2, -0.15) is 0 Å². The maximum atomic E-state index is 6.20. The summed E-state index contributed by atoms with van der Waals surface area (Å²) in [7, 11) is 0. The fraction of sp³-hybridized carbons (Fsp3) is 0.0294. The van der Waals surface area contributed by atoms with Crippen LogP contribution in [0.25, 0.3) is 55.3 Å². The first-order valence-corrected chi connectivity index (χ1v) is 24.6. The second-order valence-electron chi connectivity index (χ2n) is 18.4. The molecule has 344 valence electrons. The number of anilines is 9. The standard InChI is InChI=1S/C68H51N3O/c1-48-16-14-24-60(42-48)70(58-35-28-52(29-36-58)50-18-6-3-7-19-50)63-45-62(46-64(47-63)71(61-25-15-17-49(2)43-61)59-37-30-53(31-38-59)51-20-8-4-9-21-51)69(56-22-10-5-11-23-56)57-39-32-54(33-40-57)55-34-41-68-66(44-55)65-26-12-13-27-67(65)72-68/h3-47H,1-2H3. The maximum Gasteiger partial charge on any atom is 0.135 e. The molecule has 0 unspecified atom stereocenters. The van der Waals surface area contributed by atoms with E-state index in [2.05, 4.69) is 289 Å². The highest BCUT2D eigenvalue weighted by molar-refractivity contribution is 6.06. The number of para-hydroxylation sites is 2. The third-order valence-electron chi connectivity index (χ3n) is 13.5. The van der Waals surface area contributed by atoms with Gasteiger partial charge in [-0.25, -0.2) is 0 Å². The molecule has 1 heterocycles. The van der Waals surface area contributed by atoms with Gasteiger partial charge in [0.25, 0.3) is 0 Å². The third-order valence-corrected chi connectivity index (χ3v) is 13.5. The molecule has 72 heavy (non-hydrogen) atoms. The first-order valence-electron chi connectivity index (χ1n) is 24.6. The van der Waals surface area contributed by atoms with Gasteiger partial charge in [0.2, 0.25) is 0 Å². The number of hydrogen-bond donors (Lipinski definition) is 0. The summed E-state index contributed by atoms with van der Waals surface area (Å²) in [4.78, 5) is 7.16. The molecule has 11 aromatic carbocycles. The van der Waals surface area contributed by atoms with Gasteiger partial charge in [0, 0.05) is 44.9 Å². The van der Waals surface area contributed by atoms with Gasteiger partial charge in [-0.1, -0.05) is 164 Å². The summed E-state index contributed by atoms with van der Waals surface area (Å²) in [6.45, 7) is 4.33. The highest BCUT2D eigenvalue weighted by Gasteiger charge is 2.23. The molecule has 0 aliphatic heterocycles. The summed E-state index contributed by atoms with van der Waals surface area (Å²) in [5.41, 5.74) is 20.5. The molecule has 4 nitrogen and oxygen atoms in total. The third kappa shape index (κ3) is 8.78. The molecule has 4 heteroatoms. The quantitative estimate of drug-likeness (QED) is 0.122. The summed E-state index contributed by atoms with van der Waals surface area (Å²) in [6, 6.07) is 98.1. The minimum Gasteiger partial charge on any atom is -0.456 e. The van der Waals surface area contributed by atoms with E-state index in [0.29, 0.717) is 0 Å². The number of aryl methyl sites for hydroxylation is 2. The lowest BCUT2D eigenvalue weighted by Gasteiger charge is -2.33. The van der Waals surface area contributed by atoms with E-state index in [1.165, 1.54) is 33.4 Å². The predicted octanol–water partition coefficient (Wildman–Crippen LogP) is 19.6. The van der Waals surface area contributed by atoms with Crippen LogP contribution in [0.2, 0.25) is 0 Å². The summed E-state index contributed by atoms with van der Waals surface area (Å²) in [5, 5.41) is 2.23. The lowest BCUT2D eigenvalue weighted by molar-refractivity contribution is 0.669. The highest BCUT2D eigenvalue weighted by atomic mass is 16.3. The molecule has 0 saturated carbocycles. The van der Waals surface area contributed by atoms with Crippen molar-refractivity contribution in [3.05, 3.63) is 284 Å². The lowest BCUT2D eigenvalue weighted by Crippen LogP contribution is -2.16. The van der Waals surface area contributed by atoms with Crippen molar-refractivity contribution in [1.29, 1.82) is 0 Å². The molecular weight excluding hydrogens is 875 g/mol. The largest absolute Gasteiger partial charge is 0.456 e. The van der Waals surface area contributed by atoms with E-state index < -0.39 is 0 Å². The van der Waals surface area contributed by atoms with Gasteiger partial charge < -0.3 is 19.1 Å². The van der Waals surface area contributed by atoms with Crippen LogP contribution in [0.1, 0.15) is 11.1 Å². The molecule has 0 aliphatic carbocycles. The Kier molecular flexibility index (Phi) is 11.7. The second-order valence-corrected chi connectivity index (χ2v) is 18.4. The molecule has 0 radical (unpaired) electrons. The number of rotatable bonds is 12. The summed E-state index contributed by atoms with van der Waals surface area (Å²) in [6.07, 6.45) is 0. The van der Waals surface area contributed by atoms with Crippen LogP contribution in [0, 0.1) is 13.8 Å². The van der Waals surface area contributed by atoms with E-state index in [1.54, 1.807) is 0 Å². The first kappa shape index (κ1) is 43.9. The van der Waals surface area contributed by atoms with Crippen LogP contribution in [0.3, 0.4) is 0 Å². The van der Waals surface area contributed by atoms with Crippen LogP contribution in [-0.2, 0) is 0 Å². The molecule has 0 atom stereocenters. The SMILES string of the molecule is Cc1cccc(N(c2ccc(-c3ccccc3)cc2)c2cc(N(c3ccccc3)c3ccc(-c4ccc5oc6ccccc6c5c4)cc3)cc(N(c3ccc(-c4ccccc4)cc3)c3cccc(C)c3)c2)c1. The molecular formula is C68H51N3O. The Hall–Kier alpha value is -9.38.